The van der Waals surface area contributed by atoms with Crippen molar-refractivity contribution >= 4 is 41.1 Å². The Morgan fingerprint density at radius 3 is 2.77 bits per heavy atom. The summed E-state index contributed by atoms with van der Waals surface area (Å²) >= 11 is 1.65. The van der Waals surface area contributed by atoms with Crippen LogP contribution in [0.15, 0.2) is 23.1 Å². The molecule has 0 bridgehead atoms. The molecular weight excluding hydrogens is 304 g/mol. The maximum absolute atomic E-state index is 12.5. The number of hydrogen-bond donors (Lipinski definition) is 2. The molecule has 1 fully saturated rings. The molecule has 2 heterocycles. The van der Waals surface area contributed by atoms with Crippen molar-refractivity contribution < 1.29 is 14.4 Å². The van der Waals surface area contributed by atoms with Crippen LogP contribution in [0, 0.1) is 0 Å². The summed E-state index contributed by atoms with van der Waals surface area (Å²) in [5, 5.41) is 2.85. The van der Waals surface area contributed by atoms with Gasteiger partial charge in [0.25, 0.3) is 0 Å². The van der Waals surface area contributed by atoms with Gasteiger partial charge in [-0.25, -0.2) is 14.5 Å². The molecule has 3 N–H and O–H groups in total. The second-order valence-electron chi connectivity index (χ2n) is 5.36. The van der Waals surface area contributed by atoms with Crippen LogP contribution < -0.4 is 16.0 Å². The van der Waals surface area contributed by atoms with E-state index in [-0.39, 0.29) is 23.7 Å². The van der Waals surface area contributed by atoms with E-state index in [9.17, 15) is 14.4 Å². The van der Waals surface area contributed by atoms with Crippen LogP contribution in [0.1, 0.15) is 13.8 Å². The van der Waals surface area contributed by atoms with E-state index in [0.29, 0.717) is 11.4 Å². The molecule has 0 aromatic heterocycles. The quantitative estimate of drug-likeness (QED) is 0.825. The van der Waals surface area contributed by atoms with Crippen molar-refractivity contribution in [1.82, 2.24) is 4.90 Å². The molecule has 3 rings (SSSR count). The number of primary amides is 1. The lowest BCUT2D eigenvalue weighted by Crippen LogP contribution is -2.43. The van der Waals surface area contributed by atoms with E-state index in [2.05, 4.69) is 5.32 Å². The van der Waals surface area contributed by atoms with E-state index in [1.165, 1.54) is 6.92 Å². The first-order valence-electron chi connectivity index (χ1n) is 6.87. The van der Waals surface area contributed by atoms with Gasteiger partial charge >= 0.3 is 12.1 Å². The molecule has 7 nitrogen and oxygen atoms in total. The van der Waals surface area contributed by atoms with Gasteiger partial charge in [0, 0.05) is 22.8 Å². The van der Waals surface area contributed by atoms with Gasteiger partial charge in [0.05, 0.1) is 18.3 Å². The molecule has 1 aromatic rings. The van der Waals surface area contributed by atoms with Crippen molar-refractivity contribution in [2.24, 2.45) is 5.73 Å². The maximum Gasteiger partial charge on any atom is 0.333 e. The molecular formula is C14H16N4O3S. The zero-order valence-electron chi connectivity index (χ0n) is 12.2. The van der Waals surface area contributed by atoms with E-state index in [4.69, 9.17) is 5.73 Å². The SMILES string of the molecule is CC(=O)Nc1ccc2c(c1)N1C(=O)N(C(N)=O)CC1C(C)S2. The third kappa shape index (κ3) is 2.29. The predicted molar refractivity (Wildman–Crippen MR) is 84.0 cm³/mol. The number of carbonyl (C=O) groups excluding carboxylic acids is 3. The highest BCUT2D eigenvalue weighted by Crippen LogP contribution is 2.45. The van der Waals surface area contributed by atoms with Crippen LogP contribution in [0.2, 0.25) is 0 Å². The number of hydrogen-bond acceptors (Lipinski definition) is 4. The Bertz CT molecular complexity index is 678. The van der Waals surface area contributed by atoms with E-state index >= 15 is 0 Å². The second-order valence-corrected chi connectivity index (χ2v) is 6.77. The molecule has 2 atom stereocenters. The molecule has 0 saturated carbocycles. The molecule has 5 amide bonds. The molecule has 8 heteroatoms. The lowest BCUT2D eigenvalue weighted by Gasteiger charge is -2.34. The number of benzene rings is 1. The summed E-state index contributed by atoms with van der Waals surface area (Å²) in [5.74, 6) is -0.181. The minimum absolute atomic E-state index is 0.120. The third-order valence-corrected chi connectivity index (χ3v) is 5.08. The van der Waals surface area contributed by atoms with Gasteiger partial charge in [-0.15, -0.1) is 11.8 Å². The van der Waals surface area contributed by atoms with Crippen molar-refractivity contribution in [2.75, 3.05) is 16.8 Å². The number of nitrogens with two attached hydrogens (primary N) is 1. The Hall–Kier alpha value is -2.22. The van der Waals surface area contributed by atoms with E-state index in [1.54, 1.807) is 28.8 Å². The Morgan fingerprint density at radius 2 is 2.14 bits per heavy atom. The zero-order chi connectivity index (χ0) is 16.0. The number of urea groups is 2. The van der Waals surface area contributed by atoms with Crippen molar-refractivity contribution in [1.29, 1.82) is 0 Å². The van der Waals surface area contributed by atoms with Crippen LogP contribution in [0.5, 0.6) is 0 Å². The first-order valence-corrected chi connectivity index (χ1v) is 7.75. The average Bonchev–Trinajstić information content (AvgIpc) is 2.78. The first kappa shape index (κ1) is 14.7. The number of thioether (sulfide) groups is 1. The van der Waals surface area contributed by atoms with Gasteiger partial charge < -0.3 is 11.1 Å². The van der Waals surface area contributed by atoms with Gasteiger partial charge in [0.15, 0.2) is 0 Å². The fourth-order valence-electron chi connectivity index (χ4n) is 2.81. The molecule has 0 radical (unpaired) electrons. The van der Waals surface area contributed by atoms with Gasteiger partial charge in [-0.2, -0.15) is 0 Å². The van der Waals surface area contributed by atoms with E-state index < -0.39 is 12.1 Å². The Balaban J connectivity index is 2.03. The van der Waals surface area contributed by atoms with Crippen molar-refractivity contribution in [3.63, 3.8) is 0 Å². The average molecular weight is 320 g/mol. The van der Waals surface area contributed by atoms with Gasteiger partial charge in [-0.1, -0.05) is 6.92 Å². The molecule has 2 aliphatic rings. The third-order valence-electron chi connectivity index (χ3n) is 3.80. The fraction of sp³-hybridized carbons (Fsp3) is 0.357. The predicted octanol–water partition coefficient (Wildman–Crippen LogP) is 1.83. The Morgan fingerprint density at radius 1 is 1.41 bits per heavy atom. The van der Waals surface area contributed by atoms with Crippen LogP contribution in [0.4, 0.5) is 21.0 Å². The Labute approximate surface area is 131 Å². The largest absolute Gasteiger partial charge is 0.351 e. The molecule has 1 saturated heterocycles. The van der Waals surface area contributed by atoms with Crippen molar-refractivity contribution in [3.8, 4) is 0 Å². The maximum atomic E-state index is 12.5. The van der Waals surface area contributed by atoms with Crippen molar-refractivity contribution in [3.05, 3.63) is 18.2 Å². The summed E-state index contributed by atoms with van der Waals surface area (Å²) in [6.07, 6.45) is 0. The van der Waals surface area contributed by atoms with Crippen LogP contribution in [0.25, 0.3) is 0 Å². The van der Waals surface area contributed by atoms with Crippen LogP contribution in [0.3, 0.4) is 0 Å². The fourth-order valence-corrected chi connectivity index (χ4v) is 4.00. The van der Waals surface area contributed by atoms with Crippen LogP contribution in [-0.2, 0) is 4.79 Å². The lowest BCUT2D eigenvalue weighted by molar-refractivity contribution is -0.114. The minimum atomic E-state index is -0.740. The molecule has 2 aliphatic heterocycles. The first-order chi connectivity index (χ1) is 10.4. The lowest BCUT2D eigenvalue weighted by atomic mass is 10.1. The number of anilines is 2. The summed E-state index contributed by atoms with van der Waals surface area (Å²) in [6, 6.07) is 4.16. The highest BCUT2D eigenvalue weighted by molar-refractivity contribution is 8.00. The summed E-state index contributed by atoms with van der Waals surface area (Å²) < 4.78 is 0. The van der Waals surface area contributed by atoms with Crippen LogP contribution >= 0.6 is 11.8 Å². The number of nitrogens with zero attached hydrogens (tertiary/aromatic N) is 2. The van der Waals surface area contributed by atoms with Gasteiger partial charge in [0.2, 0.25) is 5.91 Å². The molecule has 116 valence electrons. The summed E-state index contributed by atoms with van der Waals surface area (Å²) in [6.45, 7) is 3.73. The number of fused-ring (bicyclic) bond motifs is 3. The number of amides is 5. The molecule has 2 unspecified atom stereocenters. The summed E-state index contributed by atoms with van der Waals surface area (Å²) in [4.78, 5) is 38.7. The number of imide groups is 1. The van der Waals surface area contributed by atoms with E-state index in [0.717, 1.165) is 9.80 Å². The van der Waals surface area contributed by atoms with Gasteiger partial charge in [-0.05, 0) is 18.2 Å². The topological polar surface area (TPSA) is 95.7 Å². The molecule has 22 heavy (non-hydrogen) atoms. The number of rotatable bonds is 1. The monoisotopic (exact) mass is 320 g/mol. The second kappa shape index (κ2) is 5.20. The molecule has 0 spiro atoms. The van der Waals surface area contributed by atoms with E-state index in [1.807, 2.05) is 13.0 Å². The summed E-state index contributed by atoms with van der Waals surface area (Å²) in [5.41, 5.74) is 6.60. The zero-order valence-corrected chi connectivity index (χ0v) is 13.0. The Kier molecular flexibility index (Phi) is 3.48. The van der Waals surface area contributed by atoms with Crippen molar-refractivity contribution in [2.45, 2.75) is 30.0 Å². The highest BCUT2D eigenvalue weighted by Gasteiger charge is 2.46. The van der Waals surface area contributed by atoms with Gasteiger partial charge in [-0.3, -0.25) is 9.69 Å². The highest BCUT2D eigenvalue weighted by atomic mass is 32.2. The molecule has 1 aromatic carbocycles. The van der Waals surface area contributed by atoms with Crippen LogP contribution in [-0.4, -0.2) is 40.7 Å². The normalized spacial score (nSPS) is 23.1. The summed E-state index contributed by atoms with van der Waals surface area (Å²) in [7, 11) is 0. The standard InChI is InChI=1S/C14H16N4O3S/c1-7-11-6-17(13(15)20)14(21)18(11)10-5-9(16-8(2)19)3-4-12(10)22-7/h3-5,7,11H,6H2,1-2H3,(H2,15,20)(H,16,19). The minimum Gasteiger partial charge on any atom is -0.351 e. The number of nitrogens with one attached hydrogen (secondary N) is 1. The smallest absolute Gasteiger partial charge is 0.333 e. The molecule has 0 aliphatic carbocycles. The van der Waals surface area contributed by atoms with Gasteiger partial charge in [0.1, 0.15) is 0 Å². The number of carbonyl (C=O) groups is 3.